The topological polar surface area (TPSA) is 108 Å². The number of aromatic hydroxyl groups is 1. The van der Waals surface area contributed by atoms with Crippen molar-refractivity contribution in [3.05, 3.63) is 17.8 Å². The van der Waals surface area contributed by atoms with Crippen LogP contribution in [0.15, 0.2) is 12.3 Å². The van der Waals surface area contributed by atoms with Crippen LogP contribution in [0.1, 0.15) is 30.6 Å². The molecule has 1 unspecified atom stereocenters. The van der Waals surface area contributed by atoms with Gasteiger partial charge in [-0.25, -0.2) is 9.78 Å². The molecule has 100 valence electrons. The van der Waals surface area contributed by atoms with Crippen LogP contribution in [-0.2, 0) is 0 Å². The average molecular weight is 262 g/mol. The first kappa shape index (κ1) is 13.0. The molecule has 0 amide bonds. The number of carboxylic acids is 1. The molecule has 19 heavy (non-hydrogen) atoms. The molecule has 7 heteroatoms. The molecule has 0 aliphatic carbocycles. The summed E-state index contributed by atoms with van der Waals surface area (Å²) in [7, 11) is 0. The van der Waals surface area contributed by atoms with Gasteiger partial charge in [-0.3, -0.25) is 0 Å². The fraction of sp³-hybridized carbons (Fsp3) is 0.333. The van der Waals surface area contributed by atoms with Crippen LogP contribution in [0.25, 0.3) is 10.9 Å². The lowest BCUT2D eigenvalue weighted by Gasteiger charge is -2.14. The smallest absolute Gasteiger partial charge is 0.339 e. The Morgan fingerprint density at radius 1 is 1.53 bits per heavy atom. The molecule has 0 aromatic carbocycles. The van der Waals surface area contributed by atoms with Crippen LogP contribution < -0.4 is 5.32 Å². The van der Waals surface area contributed by atoms with E-state index in [1.54, 1.807) is 0 Å². The predicted octanol–water partition coefficient (Wildman–Crippen LogP) is 1.64. The summed E-state index contributed by atoms with van der Waals surface area (Å²) < 4.78 is 0. The largest absolute Gasteiger partial charge is 0.492 e. The first-order valence-corrected chi connectivity index (χ1v) is 5.88. The lowest BCUT2D eigenvalue weighted by Crippen LogP contribution is -2.17. The minimum absolute atomic E-state index is 0.00361. The van der Waals surface area contributed by atoms with Crippen molar-refractivity contribution < 1.29 is 15.0 Å². The molecule has 3 N–H and O–H groups in total. The maximum absolute atomic E-state index is 11.2. The van der Waals surface area contributed by atoms with Crippen LogP contribution >= 0.6 is 0 Å². The Morgan fingerprint density at radius 2 is 2.26 bits per heavy atom. The number of anilines is 1. The van der Waals surface area contributed by atoms with Gasteiger partial charge in [0, 0.05) is 6.04 Å². The predicted molar refractivity (Wildman–Crippen MR) is 69.3 cm³/mol. The van der Waals surface area contributed by atoms with E-state index in [0.29, 0.717) is 5.52 Å². The van der Waals surface area contributed by atoms with E-state index in [-0.39, 0.29) is 28.7 Å². The molecule has 1 atom stereocenters. The normalized spacial score (nSPS) is 12.3. The summed E-state index contributed by atoms with van der Waals surface area (Å²) in [6.45, 7) is 3.91. The number of aromatic nitrogens is 3. The Labute approximate surface area is 109 Å². The molecule has 2 heterocycles. The van der Waals surface area contributed by atoms with E-state index in [4.69, 9.17) is 0 Å². The fourth-order valence-electron chi connectivity index (χ4n) is 1.61. The number of hydrogen-bond acceptors (Lipinski definition) is 6. The SMILES string of the molecule is CCC(C)Nc1nc2cnnc(O)c2cc1C(=O)O. The number of pyridine rings is 1. The van der Waals surface area contributed by atoms with Crippen LogP contribution in [0.3, 0.4) is 0 Å². The molecule has 0 aliphatic heterocycles. The molecular weight excluding hydrogens is 248 g/mol. The average Bonchev–Trinajstić information content (AvgIpc) is 2.38. The zero-order chi connectivity index (χ0) is 14.0. The fourth-order valence-corrected chi connectivity index (χ4v) is 1.61. The van der Waals surface area contributed by atoms with Gasteiger partial charge in [0.1, 0.15) is 11.4 Å². The highest BCUT2D eigenvalue weighted by Crippen LogP contribution is 2.25. The van der Waals surface area contributed by atoms with Gasteiger partial charge in [-0.1, -0.05) is 6.92 Å². The molecule has 2 aromatic rings. The summed E-state index contributed by atoms with van der Waals surface area (Å²) in [4.78, 5) is 15.4. The van der Waals surface area contributed by atoms with Gasteiger partial charge in [-0.2, -0.15) is 5.10 Å². The molecule has 2 rings (SSSR count). The molecule has 0 saturated carbocycles. The lowest BCUT2D eigenvalue weighted by atomic mass is 10.1. The second-order valence-electron chi connectivity index (χ2n) is 4.24. The van der Waals surface area contributed by atoms with Crippen LogP contribution in [0.4, 0.5) is 5.82 Å². The van der Waals surface area contributed by atoms with Gasteiger partial charge in [-0.05, 0) is 19.4 Å². The second kappa shape index (κ2) is 5.05. The number of hydrogen-bond donors (Lipinski definition) is 3. The number of rotatable bonds is 4. The van der Waals surface area contributed by atoms with E-state index in [1.807, 2.05) is 13.8 Å². The number of nitrogens with zero attached hydrogens (tertiary/aromatic N) is 3. The Balaban J connectivity index is 2.61. The van der Waals surface area contributed by atoms with Gasteiger partial charge < -0.3 is 15.5 Å². The highest BCUT2D eigenvalue weighted by Gasteiger charge is 2.16. The summed E-state index contributed by atoms with van der Waals surface area (Å²) in [6.07, 6.45) is 2.21. The van der Waals surface area contributed by atoms with Crippen LogP contribution in [0.5, 0.6) is 5.88 Å². The summed E-state index contributed by atoms with van der Waals surface area (Å²) >= 11 is 0. The van der Waals surface area contributed by atoms with Crippen molar-refractivity contribution in [3.8, 4) is 5.88 Å². The monoisotopic (exact) mass is 262 g/mol. The number of carboxylic acid groups (broad SMARTS) is 1. The molecule has 0 radical (unpaired) electrons. The van der Waals surface area contributed by atoms with Crippen molar-refractivity contribution in [2.24, 2.45) is 0 Å². The Hall–Kier alpha value is -2.44. The second-order valence-corrected chi connectivity index (χ2v) is 4.24. The first-order chi connectivity index (χ1) is 9.02. The van der Waals surface area contributed by atoms with Crippen LogP contribution in [0.2, 0.25) is 0 Å². The van der Waals surface area contributed by atoms with E-state index < -0.39 is 5.97 Å². The lowest BCUT2D eigenvalue weighted by molar-refractivity contribution is 0.0697. The maximum Gasteiger partial charge on any atom is 0.339 e. The molecule has 0 saturated heterocycles. The molecule has 7 nitrogen and oxygen atoms in total. The third-order valence-corrected chi connectivity index (χ3v) is 2.85. The van der Waals surface area contributed by atoms with Crippen molar-refractivity contribution in [2.45, 2.75) is 26.3 Å². The van der Waals surface area contributed by atoms with Gasteiger partial charge in [-0.15, -0.1) is 5.10 Å². The summed E-state index contributed by atoms with van der Waals surface area (Å²) in [5.41, 5.74) is 0.388. The quantitative estimate of drug-likeness (QED) is 0.768. The molecule has 0 aliphatic rings. The van der Waals surface area contributed by atoms with E-state index in [0.717, 1.165) is 6.42 Å². The summed E-state index contributed by atoms with van der Waals surface area (Å²) in [5, 5.41) is 29.1. The molecule has 0 fully saturated rings. The zero-order valence-corrected chi connectivity index (χ0v) is 10.6. The highest BCUT2D eigenvalue weighted by atomic mass is 16.4. The first-order valence-electron chi connectivity index (χ1n) is 5.88. The van der Waals surface area contributed by atoms with Crippen molar-refractivity contribution in [1.29, 1.82) is 0 Å². The molecular formula is C12H14N4O3. The van der Waals surface area contributed by atoms with Gasteiger partial charge in [0.05, 0.1) is 17.1 Å². The number of fused-ring (bicyclic) bond motifs is 1. The zero-order valence-electron chi connectivity index (χ0n) is 10.6. The Kier molecular flexibility index (Phi) is 3.46. The van der Waals surface area contributed by atoms with Crippen LogP contribution in [0, 0.1) is 0 Å². The third-order valence-electron chi connectivity index (χ3n) is 2.85. The van der Waals surface area contributed by atoms with E-state index in [9.17, 15) is 15.0 Å². The van der Waals surface area contributed by atoms with Gasteiger partial charge in [0.2, 0.25) is 5.88 Å². The number of nitrogens with one attached hydrogen (secondary N) is 1. The van der Waals surface area contributed by atoms with E-state index in [1.165, 1.54) is 12.3 Å². The Morgan fingerprint density at radius 3 is 2.89 bits per heavy atom. The van der Waals surface area contributed by atoms with Gasteiger partial charge in [0.15, 0.2) is 0 Å². The van der Waals surface area contributed by atoms with E-state index >= 15 is 0 Å². The Bertz CT molecular complexity index is 630. The minimum atomic E-state index is -1.11. The van der Waals surface area contributed by atoms with Crippen LogP contribution in [-0.4, -0.2) is 37.4 Å². The summed E-state index contributed by atoms with van der Waals surface area (Å²) in [5.74, 6) is -1.18. The summed E-state index contributed by atoms with van der Waals surface area (Å²) in [6, 6.07) is 1.44. The van der Waals surface area contributed by atoms with Crippen molar-refractivity contribution >= 4 is 22.7 Å². The van der Waals surface area contributed by atoms with Gasteiger partial charge >= 0.3 is 5.97 Å². The standard InChI is InChI=1S/C12H14N4O3/c1-3-6(2)14-10-8(12(18)19)4-7-9(15-10)5-13-16-11(7)17/h4-6H,3H2,1-2H3,(H,14,15)(H,16,17)(H,18,19). The number of aromatic carboxylic acids is 1. The number of carbonyl (C=O) groups is 1. The van der Waals surface area contributed by atoms with Crippen molar-refractivity contribution in [3.63, 3.8) is 0 Å². The van der Waals surface area contributed by atoms with Crippen molar-refractivity contribution in [2.75, 3.05) is 5.32 Å². The molecule has 2 aromatic heterocycles. The molecule has 0 spiro atoms. The van der Waals surface area contributed by atoms with Crippen molar-refractivity contribution in [1.82, 2.24) is 15.2 Å². The molecule has 0 bridgehead atoms. The third kappa shape index (κ3) is 2.54. The highest BCUT2D eigenvalue weighted by molar-refractivity contribution is 5.98. The minimum Gasteiger partial charge on any atom is -0.492 e. The maximum atomic E-state index is 11.2. The van der Waals surface area contributed by atoms with Gasteiger partial charge in [0.25, 0.3) is 0 Å². The van der Waals surface area contributed by atoms with E-state index in [2.05, 4.69) is 20.5 Å².